The van der Waals surface area contributed by atoms with Crippen molar-refractivity contribution in [3.05, 3.63) is 54.1 Å². The van der Waals surface area contributed by atoms with Gasteiger partial charge in [0.05, 0.1) is 19.2 Å². The third-order valence-electron chi connectivity index (χ3n) is 4.27. The number of rotatable bonds is 11. The maximum absolute atomic E-state index is 12.2. The Labute approximate surface area is 165 Å². The van der Waals surface area contributed by atoms with Crippen LogP contribution in [0, 0.1) is 0 Å². The molecule has 150 valence electrons. The van der Waals surface area contributed by atoms with E-state index in [1.165, 1.54) is 5.56 Å². The largest absolute Gasteiger partial charge is 0.495 e. The van der Waals surface area contributed by atoms with Crippen LogP contribution in [0.3, 0.4) is 0 Å². The van der Waals surface area contributed by atoms with Gasteiger partial charge in [0.2, 0.25) is 5.91 Å². The minimum Gasteiger partial charge on any atom is -0.495 e. The number of hydrogen-bond donors (Lipinski definition) is 4. The Balaban J connectivity index is 1.80. The summed E-state index contributed by atoms with van der Waals surface area (Å²) in [6.45, 7) is 2.93. The molecule has 2 rings (SSSR count). The maximum Gasteiger partial charge on any atom is 0.321 e. The smallest absolute Gasteiger partial charge is 0.321 e. The molecule has 2 aromatic carbocycles. The van der Waals surface area contributed by atoms with Gasteiger partial charge in [0.1, 0.15) is 11.8 Å². The quantitative estimate of drug-likeness (QED) is 0.444. The average molecular weight is 385 g/mol. The third kappa shape index (κ3) is 6.59. The average Bonchev–Trinajstić information content (AvgIpc) is 2.70. The van der Waals surface area contributed by atoms with Crippen LogP contribution in [0.15, 0.2) is 48.5 Å². The Kier molecular flexibility index (Phi) is 8.30. The first kappa shape index (κ1) is 21.2. The summed E-state index contributed by atoms with van der Waals surface area (Å²) in [5.74, 6) is -0.693. The number of carboxylic acid groups (broad SMARTS) is 1. The predicted molar refractivity (Wildman–Crippen MR) is 110 cm³/mol. The van der Waals surface area contributed by atoms with E-state index in [0.29, 0.717) is 24.5 Å². The summed E-state index contributed by atoms with van der Waals surface area (Å²) < 4.78 is 5.26. The molecule has 2 aromatic rings. The first-order valence-corrected chi connectivity index (χ1v) is 9.25. The zero-order chi connectivity index (χ0) is 20.4. The van der Waals surface area contributed by atoms with Crippen molar-refractivity contribution >= 4 is 23.3 Å². The number of nitrogens with one attached hydrogen (secondary N) is 3. The fraction of sp³-hybridized carbons (Fsp3) is 0.333. The highest BCUT2D eigenvalue weighted by Gasteiger charge is 2.20. The highest BCUT2D eigenvalue weighted by Crippen LogP contribution is 2.22. The Bertz CT molecular complexity index is 777. The molecule has 0 fully saturated rings. The van der Waals surface area contributed by atoms with E-state index >= 15 is 0 Å². The predicted octanol–water partition coefficient (Wildman–Crippen LogP) is 2.74. The minimum absolute atomic E-state index is 0.153. The number of carbonyl (C=O) groups is 2. The van der Waals surface area contributed by atoms with E-state index < -0.39 is 12.0 Å². The minimum atomic E-state index is -1.06. The number of methoxy groups -OCH3 is 1. The fourth-order valence-corrected chi connectivity index (χ4v) is 2.70. The normalized spacial score (nSPS) is 11.5. The number of para-hydroxylation sites is 2. The molecule has 4 N–H and O–H groups in total. The summed E-state index contributed by atoms with van der Waals surface area (Å²) in [7, 11) is 1.59. The molecule has 1 atom stereocenters. The first-order valence-electron chi connectivity index (χ1n) is 9.25. The molecule has 1 unspecified atom stereocenters. The van der Waals surface area contributed by atoms with Gasteiger partial charge < -0.3 is 25.8 Å². The van der Waals surface area contributed by atoms with E-state index in [-0.39, 0.29) is 12.3 Å². The molecule has 0 bridgehead atoms. The van der Waals surface area contributed by atoms with Gasteiger partial charge in [-0.15, -0.1) is 0 Å². The molecule has 0 aromatic heterocycles. The highest BCUT2D eigenvalue weighted by molar-refractivity contribution is 5.94. The lowest BCUT2D eigenvalue weighted by molar-refractivity contribution is -0.141. The maximum atomic E-state index is 12.2. The molecular formula is C21H27N3O4. The molecule has 0 heterocycles. The number of aliphatic carboxylic acids is 1. The lowest BCUT2D eigenvalue weighted by atomic mass is 10.1. The number of benzene rings is 2. The molecule has 28 heavy (non-hydrogen) atoms. The number of aryl methyl sites for hydroxylation is 1. The number of amides is 1. The number of anilines is 2. The Morgan fingerprint density at radius 1 is 1.07 bits per heavy atom. The number of ether oxygens (including phenoxy) is 1. The van der Waals surface area contributed by atoms with Gasteiger partial charge in [-0.1, -0.05) is 31.2 Å². The molecule has 0 radical (unpaired) electrons. The molecule has 0 aliphatic carbocycles. The fourth-order valence-electron chi connectivity index (χ4n) is 2.70. The molecular weight excluding hydrogens is 358 g/mol. The van der Waals surface area contributed by atoms with Crippen LogP contribution >= 0.6 is 0 Å². The van der Waals surface area contributed by atoms with Crippen molar-refractivity contribution in [3.8, 4) is 5.75 Å². The van der Waals surface area contributed by atoms with Gasteiger partial charge in [-0.25, -0.2) is 0 Å². The van der Waals surface area contributed by atoms with E-state index in [0.717, 1.165) is 12.1 Å². The van der Waals surface area contributed by atoms with E-state index in [4.69, 9.17) is 4.74 Å². The highest BCUT2D eigenvalue weighted by atomic mass is 16.5. The van der Waals surface area contributed by atoms with Gasteiger partial charge in [-0.2, -0.15) is 0 Å². The molecule has 7 heteroatoms. The van der Waals surface area contributed by atoms with Crippen molar-refractivity contribution in [3.63, 3.8) is 0 Å². The van der Waals surface area contributed by atoms with Crippen molar-refractivity contribution < 1.29 is 19.4 Å². The molecule has 1 amide bonds. The van der Waals surface area contributed by atoms with Crippen LogP contribution < -0.4 is 20.7 Å². The summed E-state index contributed by atoms with van der Waals surface area (Å²) in [4.78, 5) is 23.6. The van der Waals surface area contributed by atoms with Crippen LogP contribution in [0.25, 0.3) is 0 Å². The summed E-state index contributed by atoms with van der Waals surface area (Å²) in [5.41, 5.74) is 2.65. The lowest BCUT2D eigenvalue weighted by Crippen LogP contribution is -2.41. The van der Waals surface area contributed by atoms with E-state index in [9.17, 15) is 14.7 Å². The number of carbonyl (C=O) groups excluding carboxylic acids is 1. The van der Waals surface area contributed by atoms with Gasteiger partial charge >= 0.3 is 5.97 Å². The van der Waals surface area contributed by atoms with Gasteiger partial charge in [0.25, 0.3) is 0 Å². The van der Waals surface area contributed by atoms with Crippen molar-refractivity contribution in [2.45, 2.75) is 25.8 Å². The van der Waals surface area contributed by atoms with Crippen LogP contribution in [-0.2, 0) is 16.0 Å². The summed E-state index contributed by atoms with van der Waals surface area (Å²) in [5, 5.41) is 18.2. The summed E-state index contributed by atoms with van der Waals surface area (Å²) in [6, 6.07) is 14.0. The first-order chi connectivity index (χ1) is 13.5. The Hall–Kier alpha value is -3.06. The molecule has 7 nitrogen and oxygen atoms in total. The van der Waals surface area contributed by atoms with Gasteiger partial charge in [0.15, 0.2) is 0 Å². The molecule has 0 aliphatic heterocycles. The Morgan fingerprint density at radius 2 is 1.79 bits per heavy atom. The summed E-state index contributed by atoms with van der Waals surface area (Å²) >= 11 is 0. The van der Waals surface area contributed by atoms with Crippen molar-refractivity contribution in [1.29, 1.82) is 0 Å². The second-order valence-electron chi connectivity index (χ2n) is 6.27. The third-order valence-corrected chi connectivity index (χ3v) is 4.27. The van der Waals surface area contributed by atoms with E-state index in [1.807, 2.05) is 48.5 Å². The topological polar surface area (TPSA) is 99.7 Å². The van der Waals surface area contributed by atoms with Crippen molar-refractivity contribution in [2.24, 2.45) is 0 Å². The zero-order valence-electron chi connectivity index (χ0n) is 16.2. The van der Waals surface area contributed by atoms with Crippen LogP contribution in [0.4, 0.5) is 11.4 Å². The molecule has 0 spiro atoms. The van der Waals surface area contributed by atoms with Crippen molar-refractivity contribution in [2.75, 3.05) is 30.8 Å². The second-order valence-corrected chi connectivity index (χ2v) is 6.27. The van der Waals surface area contributed by atoms with Crippen LogP contribution in [0.1, 0.15) is 18.9 Å². The number of carboxylic acids is 1. The van der Waals surface area contributed by atoms with Crippen LogP contribution in [0.5, 0.6) is 5.75 Å². The van der Waals surface area contributed by atoms with Crippen LogP contribution in [0.2, 0.25) is 0 Å². The SMILES string of the molecule is CCc1ccc(NC(=O)CC(NCCNc2ccccc2OC)C(=O)O)cc1. The number of hydrogen-bond acceptors (Lipinski definition) is 5. The monoisotopic (exact) mass is 385 g/mol. The second kappa shape index (κ2) is 10.9. The lowest BCUT2D eigenvalue weighted by Gasteiger charge is -2.16. The standard InChI is InChI=1S/C21H27N3O4/c1-3-15-8-10-16(11-9-15)24-20(25)14-18(21(26)27)23-13-12-22-17-6-4-5-7-19(17)28-2/h4-11,18,22-23H,3,12-14H2,1-2H3,(H,24,25)(H,26,27). The van der Waals surface area contributed by atoms with Gasteiger partial charge in [-0.3, -0.25) is 9.59 Å². The van der Waals surface area contributed by atoms with Crippen LogP contribution in [-0.4, -0.2) is 43.2 Å². The molecule has 0 aliphatic rings. The Morgan fingerprint density at radius 3 is 2.43 bits per heavy atom. The van der Waals surface area contributed by atoms with E-state index in [2.05, 4.69) is 22.9 Å². The zero-order valence-corrected chi connectivity index (χ0v) is 16.2. The molecule has 0 saturated heterocycles. The summed E-state index contributed by atoms with van der Waals surface area (Å²) in [6.07, 6.45) is 0.766. The van der Waals surface area contributed by atoms with E-state index in [1.54, 1.807) is 7.11 Å². The van der Waals surface area contributed by atoms with Crippen molar-refractivity contribution in [1.82, 2.24) is 5.32 Å². The van der Waals surface area contributed by atoms with Gasteiger partial charge in [-0.05, 0) is 36.2 Å². The molecule has 0 saturated carbocycles. The van der Waals surface area contributed by atoms with Gasteiger partial charge in [0, 0.05) is 18.8 Å².